The number of rotatable bonds is 3. The van der Waals surface area contributed by atoms with Crippen LogP contribution in [0, 0.1) is 13.8 Å². The van der Waals surface area contributed by atoms with Crippen molar-refractivity contribution in [2.24, 2.45) is 5.16 Å². The number of carbonyl (C=O) groups is 2. The molecule has 0 radical (unpaired) electrons. The maximum Gasteiger partial charge on any atom is 0.271 e. The van der Waals surface area contributed by atoms with Gasteiger partial charge in [-0.05, 0) is 27.7 Å². The molecule has 0 saturated carbocycles. The van der Waals surface area contributed by atoms with Gasteiger partial charge in [-0.15, -0.1) is 0 Å². The van der Waals surface area contributed by atoms with E-state index in [9.17, 15) is 9.59 Å². The van der Waals surface area contributed by atoms with Crippen LogP contribution in [0.25, 0.3) is 0 Å². The molecular weight excluding hydrogens is 324 g/mol. The molecule has 2 amide bonds. The van der Waals surface area contributed by atoms with Gasteiger partial charge in [-0.3, -0.25) is 9.59 Å². The van der Waals surface area contributed by atoms with E-state index in [2.05, 4.69) is 10.3 Å². The minimum Gasteiger partial charge on any atom is -0.386 e. The highest BCUT2D eigenvalue weighted by atomic mass is 16.7. The number of likely N-dealkylation sites (tertiary alicyclic amines) is 1. The molecule has 2 aliphatic heterocycles. The second-order valence-electron chi connectivity index (χ2n) is 7.17. The predicted molar refractivity (Wildman–Crippen MR) is 90.3 cm³/mol. The summed E-state index contributed by atoms with van der Waals surface area (Å²) >= 11 is 0. The molecule has 3 rings (SSSR count). The van der Waals surface area contributed by atoms with Gasteiger partial charge in [0.15, 0.2) is 5.60 Å². The number of nitrogens with zero attached hydrogens (tertiary/aromatic N) is 4. The number of aryl methyl sites for hydroxylation is 2. The zero-order valence-corrected chi connectivity index (χ0v) is 15.3. The summed E-state index contributed by atoms with van der Waals surface area (Å²) < 4.78 is 5.09. The number of carbonyl (C=O) groups excluding carboxylic acids is 2. The maximum atomic E-state index is 12.8. The summed E-state index contributed by atoms with van der Waals surface area (Å²) in [6.07, 6.45) is 1.07. The Morgan fingerprint density at radius 3 is 2.64 bits per heavy atom. The van der Waals surface area contributed by atoms with Crippen molar-refractivity contribution in [2.45, 2.75) is 52.2 Å². The SMILES string of the molecule is Cc1noc(C)c1C(=O)N1CC[C@]2(CC(C(=O)N(C)C(C)C)=NO2)C1. The number of aromatic nitrogens is 1. The Balaban J connectivity index is 1.68. The lowest BCUT2D eigenvalue weighted by Gasteiger charge is -2.23. The normalized spacial score (nSPS) is 22.5. The van der Waals surface area contributed by atoms with Crippen LogP contribution < -0.4 is 0 Å². The van der Waals surface area contributed by atoms with Crippen molar-refractivity contribution < 1.29 is 18.9 Å². The molecule has 1 aromatic heterocycles. The van der Waals surface area contributed by atoms with Crippen LogP contribution in [0.5, 0.6) is 0 Å². The Hall–Kier alpha value is -2.38. The van der Waals surface area contributed by atoms with Gasteiger partial charge in [0.25, 0.3) is 11.8 Å². The Morgan fingerprint density at radius 2 is 2.04 bits per heavy atom. The first-order valence-electron chi connectivity index (χ1n) is 8.48. The maximum absolute atomic E-state index is 12.8. The van der Waals surface area contributed by atoms with E-state index >= 15 is 0 Å². The van der Waals surface area contributed by atoms with Gasteiger partial charge in [-0.25, -0.2) is 0 Å². The number of oxime groups is 1. The van der Waals surface area contributed by atoms with E-state index in [1.54, 1.807) is 30.7 Å². The summed E-state index contributed by atoms with van der Waals surface area (Å²) in [5, 5.41) is 7.86. The number of hydrogen-bond donors (Lipinski definition) is 0. The predicted octanol–water partition coefficient (Wildman–Crippen LogP) is 1.52. The summed E-state index contributed by atoms with van der Waals surface area (Å²) in [4.78, 5) is 34.2. The Bertz CT molecular complexity index is 720. The molecule has 0 unspecified atom stereocenters. The zero-order valence-electron chi connectivity index (χ0n) is 15.3. The molecule has 0 bridgehead atoms. The zero-order chi connectivity index (χ0) is 18.4. The highest BCUT2D eigenvalue weighted by molar-refractivity contribution is 6.39. The van der Waals surface area contributed by atoms with Crippen LogP contribution in [-0.2, 0) is 9.63 Å². The summed E-state index contributed by atoms with van der Waals surface area (Å²) in [6, 6.07) is 0.0907. The molecule has 0 aliphatic carbocycles. The van der Waals surface area contributed by atoms with Crippen molar-refractivity contribution in [2.75, 3.05) is 20.1 Å². The first-order valence-corrected chi connectivity index (χ1v) is 8.48. The van der Waals surface area contributed by atoms with E-state index in [0.717, 1.165) is 0 Å². The first kappa shape index (κ1) is 17.4. The van der Waals surface area contributed by atoms with Crippen LogP contribution in [0.15, 0.2) is 9.68 Å². The van der Waals surface area contributed by atoms with Gasteiger partial charge in [-0.2, -0.15) is 0 Å². The molecule has 3 heterocycles. The topological polar surface area (TPSA) is 88.2 Å². The molecule has 1 atom stereocenters. The molecule has 8 heteroatoms. The minimum absolute atomic E-state index is 0.0907. The molecule has 136 valence electrons. The van der Waals surface area contributed by atoms with Gasteiger partial charge < -0.3 is 19.2 Å². The van der Waals surface area contributed by atoms with Gasteiger partial charge in [0.2, 0.25) is 0 Å². The van der Waals surface area contributed by atoms with Crippen molar-refractivity contribution in [3.05, 3.63) is 17.0 Å². The quantitative estimate of drug-likeness (QED) is 0.826. The molecule has 8 nitrogen and oxygen atoms in total. The lowest BCUT2D eigenvalue weighted by Crippen LogP contribution is -2.41. The standard InChI is InChI=1S/C17H24N4O4/c1-10(2)20(5)15(22)13-8-17(25-19-13)6-7-21(9-17)16(23)14-11(3)18-24-12(14)4/h10H,6-9H2,1-5H3/t17-/m0/s1. The van der Waals surface area contributed by atoms with Crippen molar-refractivity contribution in [3.63, 3.8) is 0 Å². The first-order chi connectivity index (χ1) is 11.7. The van der Waals surface area contributed by atoms with Gasteiger partial charge in [0.05, 0.1) is 12.2 Å². The highest BCUT2D eigenvalue weighted by Crippen LogP contribution is 2.35. The molecule has 1 fully saturated rings. The van der Waals surface area contributed by atoms with Gasteiger partial charge in [0, 0.05) is 32.5 Å². The summed E-state index contributed by atoms with van der Waals surface area (Å²) in [7, 11) is 1.75. The summed E-state index contributed by atoms with van der Waals surface area (Å²) in [6.45, 7) is 8.34. The molecule has 1 aromatic rings. The Morgan fingerprint density at radius 1 is 1.32 bits per heavy atom. The smallest absolute Gasteiger partial charge is 0.271 e. The second-order valence-corrected chi connectivity index (χ2v) is 7.17. The van der Waals surface area contributed by atoms with Crippen molar-refractivity contribution in [3.8, 4) is 0 Å². The van der Waals surface area contributed by atoms with Crippen LogP contribution in [-0.4, -0.2) is 64.3 Å². The van der Waals surface area contributed by atoms with Crippen molar-refractivity contribution in [1.82, 2.24) is 15.0 Å². The van der Waals surface area contributed by atoms with Crippen LogP contribution in [0.2, 0.25) is 0 Å². The number of amides is 2. The third-order valence-electron chi connectivity index (χ3n) is 5.03. The third-order valence-corrected chi connectivity index (χ3v) is 5.03. The number of hydrogen-bond acceptors (Lipinski definition) is 6. The molecular formula is C17H24N4O4. The lowest BCUT2D eigenvalue weighted by atomic mass is 9.96. The van der Waals surface area contributed by atoms with Gasteiger partial charge in [-0.1, -0.05) is 10.3 Å². The van der Waals surface area contributed by atoms with Gasteiger partial charge in [0.1, 0.15) is 17.0 Å². The second kappa shape index (κ2) is 6.16. The molecule has 2 aliphatic rings. The van der Waals surface area contributed by atoms with E-state index < -0.39 is 5.60 Å². The Kier molecular flexibility index (Phi) is 4.30. The molecule has 0 aromatic carbocycles. The summed E-state index contributed by atoms with van der Waals surface area (Å²) in [5.41, 5.74) is 0.911. The molecule has 25 heavy (non-hydrogen) atoms. The van der Waals surface area contributed by atoms with E-state index in [1.165, 1.54) is 0 Å². The summed E-state index contributed by atoms with van der Waals surface area (Å²) in [5.74, 6) is 0.277. The van der Waals surface area contributed by atoms with Crippen LogP contribution in [0.4, 0.5) is 0 Å². The lowest BCUT2D eigenvalue weighted by molar-refractivity contribution is -0.124. The minimum atomic E-state index is -0.600. The third kappa shape index (κ3) is 3.01. The van der Waals surface area contributed by atoms with E-state index in [-0.39, 0.29) is 17.9 Å². The van der Waals surface area contributed by atoms with E-state index in [1.807, 2.05) is 13.8 Å². The largest absolute Gasteiger partial charge is 0.386 e. The highest BCUT2D eigenvalue weighted by Gasteiger charge is 2.48. The van der Waals surface area contributed by atoms with E-state index in [4.69, 9.17) is 9.36 Å². The van der Waals surface area contributed by atoms with Crippen molar-refractivity contribution >= 4 is 17.5 Å². The van der Waals surface area contributed by atoms with Gasteiger partial charge >= 0.3 is 0 Å². The monoisotopic (exact) mass is 348 g/mol. The average molecular weight is 348 g/mol. The fourth-order valence-electron chi connectivity index (χ4n) is 3.26. The van der Waals surface area contributed by atoms with Crippen LogP contribution in [0.3, 0.4) is 0 Å². The Labute approximate surface area is 146 Å². The fourth-order valence-corrected chi connectivity index (χ4v) is 3.26. The molecule has 1 saturated heterocycles. The van der Waals surface area contributed by atoms with Crippen LogP contribution in [0.1, 0.15) is 48.5 Å². The molecule has 0 N–H and O–H groups in total. The average Bonchev–Trinajstić information content (AvgIpc) is 3.26. The van der Waals surface area contributed by atoms with Crippen molar-refractivity contribution in [1.29, 1.82) is 0 Å². The van der Waals surface area contributed by atoms with E-state index in [0.29, 0.717) is 48.7 Å². The van der Waals surface area contributed by atoms with Crippen LogP contribution >= 0.6 is 0 Å². The fraction of sp³-hybridized carbons (Fsp3) is 0.647. The molecule has 1 spiro atoms.